The van der Waals surface area contributed by atoms with E-state index in [9.17, 15) is 10.1 Å². The van der Waals surface area contributed by atoms with Crippen molar-refractivity contribution in [1.29, 1.82) is 5.26 Å². The number of methoxy groups -OCH3 is 1. The Bertz CT molecular complexity index is 1220. The lowest BCUT2D eigenvalue weighted by atomic mass is 10.1. The summed E-state index contributed by atoms with van der Waals surface area (Å²) in [5.41, 5.74) is 3.03. The van der Waals surface area contributed by atoms with Crippen molar-refractivity contribution in [1.82, 2.24) is 0 Å². The number of aryl methyl sites for hydroxylation is 1. The first-order chi connectivity index (χ1) is 15.4. The van der Waals surface area contributed by atoms with E-state index in [1.165, 1.54) is 13.2 Å². The predicted molar refractivity (Wildman–Crippen MR) is 130 cm³/mol. The van der Waals surface area contributed by atoms with E-state index in [2.05, 4.69) is 21.2 Å². The van der Waals surface area contributed by atoms with Crippen LogP contribution in [0, 0.1) is 18.3 Å². The van der Waals surface area contributed by atoms with Crippen molar-refractivity contribution >= 4 is 45.2 Å². The van der Waals surface area contributed by atoms with Crippen LogP contribution in [0.4, 0.5) is 5.69 Å². The summed E-state index contributed by atoms with van der Waals surface area (Å²) in [5.74, 6) is 0.463. The fourth-order valence-corrected chi connectivity index (χ4v) is 3.56. The summed E-state index contributed by atoms with van der Waals surface area (Å²) < 4.78 is 12.0. The van der Waals surface area contributed by atoms with Crippen molar-refractivity contribution in [3.63, 3.8) is 0 Å². The molecule has 0 saturated heterocycles. The molecule has 0 spiro atoms. The predicted octanol–water partition coefficient (Wildman–Crippen LogP) is 6.54. The topological polar surface area (TPSA) is 71.3 Å². The third-order valence-electron chi connectivity index (χ3n) is 4.56. The number of nitriles is 1. The molecular weight excluding hydrogens is 492 g/mol. The number of amides is 1. The molecule has 1 amide bonds. The van der Waals surface area contributed by atoms with Gasteiger partial charge in [-0.3, -0.25) is 4.79 Å². The molecule has 0 radical (unpaired) electrons. The number of anilines is 1. The summed E-state index contributed by atoms with van der Waals surface area (Å²) in [7, 11) is 1.52. The van der Waals surface area contributed by atoms with E-state index in [1.54, 1.807) is 24.3 Å². The number of carbonyl (C=O) groups excluding carboxylic acids is 1. The summed E-state index contributed by atoms with van der Waals surface area (Å²) in [6.07, 6.45) is 1.50. The Hall–Kier alpha value is -3.27. The van der Waals surface area contributed by atoms with Crippen LogP contribution in [0.25, 0.3) is 6.08 Å². The first-order valence-corrected chi connectivity index (χ1v) is 10.8. The van der Waals surface area contributed by atoms with E-state index in [4.69, 9.17) is 21.1 Å². The Morgan fingerprint density at radius 2 is 1.94 bits per heavy atom. The first-order valence-electron chi connectivity index (χ1n) is 9.65. The number of nitrogens with zero attached hydrogens (tertiary/aromatic N) is 1. The van der Waals surface area contributed by atoms with Crippen molar-refractivity contribution in [3.05, 3.63) is 92.4 Å². The molecule has 0 fully saturated rings. The fourth-order valence-electron chi connectivity index (χ4n) is 2.93. The van der Waals surface area contributed by atoms with Crippen LogP contribution in [0.3, 0.4) is 0 Å². The number of carbonyl (C=O) groups is 1. The smallest absolute Gasteiger partial charge is 0.266 e. The van der Waals surface area contributed by atoms with Gasteiger partial charge in [0, 0.05) is 20.7 Å². The monoisotopic (exact) mass is 510 g/mol. The van der Waals surface area contributed by atoms with Crippen molar-refractivity contribution in [3.8, 4) is 17.6 Å². The number of benzene rings is 3. The Morgan fingerprint density at radius 1 is 1.16 bits per heavy atom. The first kappa shape index (κ1) is 23.4. The lowest BCUT2D eigenvalue weighted by Gasteiger charge is -2.14. The maximum Gasteiger partial charge on any atom is 0.266 e. The number of halogens is 2. The molecule has 0 aliphatic carbocycles. The van der Waals surface area contributed by atoms with Gasteiger partial charge in [-0.25, -0.2) is 0 Å². The second-order valence-electron chi connectivity index (χ2n) is 6.90. The zero-order valence-corrected chi connectivity index (χ0v) is 19.8. The average Bonchev–Trinajstić information content (AvgIpc) is 2.77. The Kier molecular flexibility index (Phi) is 7.93. The van der Waals surface area contributed by atoms with E-state index in [0.717, 1.165) is 11.1 Å². The van der Waals surface area contributed by atoms with Crippen LogP contribution in [0.5, 0.6) is 11.5 Å². The molecule has 1 N–H and O–H groups in total. The molecule has 3 aromatic rings. The van der Waals surface area contributed by atoms with Crippen molar-refractivity contribution < 1.29 is 14.3 Å². The normalized spacial score (nSPS) is 10.9. The molecule has 0 unspecified atom stereocenters. The number of hydrogen-bond donors (Lipinski definition) is 1. The summed E-state index contributed by atoms with van der Waals surface area (Å²) in [5, 5.41) is 12.9. The van der Waals surface area contributed by atoms with Gasteiger partial charge in [-0.1, -0.05) is 57.9 Å². The molecule has 5 nitrogen and oxygen atoms in total. The van der Waals surface area contributed by atoms with Crippen molar-refractivity contribution in [2.24, 2.45) is 0 Å². The largest absolute Gasteiger partial charge is 0.493 e. The van der Waals surface area contributed by atoms with Gasteiger partial charge in [0.25, 0.3) is 5.91 Å². The maximum atomic E-state index is 12.6. The highest BCUT2D eigenvalue weighted by Crippen LogP contribution is 2.35. The van der Waals surface area contributed by atoms with Crippen LogP contribution in [-0.4, -0.2) is 13.0 Å². The van der Waals surface area contributed by atoms with Gasteiger partial charge in [-0.05, 0) is 54.5 Å². The van der Waals surface area contributed by atoms with E-state index in [-0.39, 0.29) is 12.2 Å². The van der Waals surface area contributed by atoms with Crippen LogP contribution >= 0.6 is 27.5 Å². The highest BCUT2D eigenvalue weighted by atomic mass is 79.9. The number of nitrogens with one attached hydrogen (secondary N) is 1. The molecule has 0 aliphatic heterocycles. The number of ether oxygens (including phenoxy) is 2. The van der Waals surface area contributed by atoms with Gasteiger partial charge in [0.2, 0.25) is 0 Å². The molecule has 0 saturated carbocycles. The van der Waals surface area contributed by atoms with Crippen molar-refractivity contribution in [2.75, 3.05) is 12.4 Å². The molecule has 0 aromatic heterocycles. The van der Waals surface area contributed by atoms with Crippen LogP contribution in [0.15, 0.2) is 70.7 Å². The Labute approximate surface area is 200 Å². The molecule has 0 bridgehead atoms. The lowest BCUT2D eigenvalue weighted by Crippen LogP contribution is -2.13. The molecule has 3 aromatic carbocycles. The van der Waals surface area contributed by atoms with Gasteiger partial charge in [-0.2, -0.15) is 5.26 Å². The molecular formula is C25H20BrClN2O3. The third-order valence-corrected chi connectivity index (χ3v) is 5.62. The van der Waals surface area contributed by atoms with Gasteiger partial charge in [0.1, 0.15) is 18.2 Å². The molecule has 0 heterocycles. The second-order valence-corrected chi connectivity index (χ2v) is 8.16. The van der Waals surface area contributed by atoms with Gasteiger partial charge >= 0.3 is 0 Å². The van der Waals surface area contributed by atoms with Gasteiger partial charge in [0.15, 0.2) is 11.5 Å². The minimum Gasteiger partial charge on any atom is -0.493 e. The van der Waals surface area contributed by atoms with E-state index in [0.29, 0.717) is 32.2 Å². The van der Waals surface area contributed by atoms with Crippen LogP contribution in [0.1, 0.15) is 16.7 Å². The molecule has 0 atom stereocenters. The minimum absolute atomic E-state index is 0.0426. The minimum atomic E-state index is -0.497. The highest BCUT2D eigenvalue weighted by Gasteiger charge is 2.14. The quantitative estimate of drug-likeness (QED) is 0.289. The summed E-state index contributed by atoms with van der Waals surface area (Å²) in [6, 6.07) is 20.2. The summed E-state index contributed by atoms with van der Waals surface area (Å²) in [6.45, 7) is 2.19. The molecule has 7 heteroatoms. The lowest BCUT2D eigenvalue weighted by molar-refractivity contribution is -0.112. The van der Waals surface area contributed by atoms with Crippen molar-refractivity contribution in [2.45, 2.75) is 13.5 Å². The molecule has 162 valence electrons. The van der Waals surface area contributed by atoms with Crippen LogP contribution in [0.2, 0.25) is 5.02 Å². The van der Waals surface area contributed by atoms with E-state index in [1.807, 2.05) is 49.4 Å². The van der Waals surface area contributed by atoms with Crippen LogP contribution < -0.4 is 14.8 Å². The Morgan fingerprint density at radius 3 is 2.62 bits per heavy atom. The Balaban J connectivity index is 1.83. The van der Waals surface area contributed by atoms with E-state index < -0.39 is 5.91 Å². The van der Waals surface area contributed by atoms with Gasteiger partial charge < -0.3 is 14.8 Å². The van der Waals surface area contributed by atoms with Gasteiger partial charge in [0.05, 0.1) is 7.11 Å². The van der Waals surface area contributed by atoms with Gasteiger partial charge in [-0.15, -0.1) is 0 Å². The molecule has 3 rings (SSSR count). The zero-order valence-electron chi connectivity index (χ0n) is 17.5. The fraction of sp³-hybridized carbons (Fsp3) is 0.120. The SMILES string of the molecule is COc1cc(/C=C(/C#N)C(=O)Nc2cccc(C)c2)c(Br)cc1OCc1ccccc1Cl. The number of rotatable bonds is 7. The maximum absolute atomic E-state index is 12.6. The van der Waals surface area contributed by atoms with E-state index >= 15 is 0 Å². The standard InChI is InChI=1S/C25H20BrClN2O3/c1-16-6-5-8-20(10-16)29-25(30)19(14-28)11-18-12-23(31-2)24(13-21(18)26)32-15-17-7-3-4-9-22(17)27/h3-13H,15H2,1-2H3,(H,29,30)/b19-11-. The summed E-state index contributed by atoms with van der Waals surface area (Å²) >= 11 is 9.68. The average molecular weight is 512 g/mol. The zero-order chi connectivity index (χ0) is 23.1. The summed E-state index contributed by atoms with van der Waals surface area (Å²) in [4.78, 5) is 12.6. The third kappa shape index (κ3) is 5.91. The molecule has 32 heavy (non-hydrogen) atoms. The second kappa shape index (κ2) is 10.9. The molecule has 0 aliphatic rings. The van der Waals surface area contributed by atoms with Crippen LogP contribution in [-0.2, 0) is 11.4 Å². The number of hydrogen-bond acceptors (Lipinski definition) is 4. The highest BCUT2D eigenvalue weighted by molar-refractivity contribution is 9.10.